The van der Waals surface area contributed by atoms with Crippen LogP contribution in [0.5, 0.6) is 5.75 Å². The van der Waals surface area contributed by atoms with Gasteiger partial charge in [0.05, 0.1) is 10.6 Å². The van der Waals surface area contributed by atoms with Gasteiger partial charge in [0.15, 0.2) is 6.61 Å². The molecule has 1 aromatic carbocycles. The number of thioether (sulfide) groups is 1. The van der Waals surface area contributed by atoms with Crippen LogP contribution in [-0.4, -0.2) is 40.9 Å². The molecule has 0 unspecified atom stereocenters. The van der Waals surface area contributed by atoms with Gasteiger partial charge in [-0.3, -0.25) is 19.3 Å². The summed E-state index contributed by atoms with van der Waals surface area (Å²) in [5.41, 5.74) is 0.494. The van der Waals surface area contributed by atoms with Gasteiger partial charge in [-0.2, -0.15) is 0 Å². The highest BCUT2D eigenvalue weighted by atomic mass is 32.2. The Bertz CT molecular complexity index is 873. The number of fused-ring (bicyclic) bond motifs is 1. The normalized spacial score (nSPS) is 18.3. The van der Waals surface area contributed by atoms with Crippen LogP contribution in [0.15, 0.2) is 23.1 Å². The number of carbonyl (C=O) groups is 3. The van der Waals surface area contributed by atoms with E-state index in [1.807, 2.05) is 0 Å². The number of rotatable bonds is 3. The SMILES string of the molecule is CC(C)(C)OC(=O)CN1C(=O)COc2ccc(C=C3SC(=S)NC3=O)cc21. The fourth-order valence-electron chi connectivity index (χ4n) is 2.56. The Morgan fingerprint density at radius 2 is 2.15 bits per heavy atom. The van der Waals surface area contributed by atoms with Crippen LogP contribution < -0.4 is 15.0 Å². The van der Waals surface area contributed by atoms with Crippen molar-refractivity contribution in [3.05, 3.63) is 28.7 Å². The first-order valence-electron chi connectivity index (χ1n) is 8.16. The van der Waals surface area contributed by atoms with Crippen LogP contribution in [-0.2, 0) is 19.1 Å². The molecule has 2 aliphatic rings. The van der Waals surface area contributed by atoms with Gasteiger partial charge in [0, 0.05) is 0 Å². The van der Waals surface area contributed by atoms with Crippen molar-refractivity contribution < 1.29 is 23.9 Å². The number of anilines is 1. The molecule has 0 radical (unpaired) electrons. The average molecular weight is 406 g/mol. The highest BCUT2D eigenvalue weighted by Crippen LogP contribution is 2.35. The number of thiocarbonyl (C=S) groups is 1. The second kappa shape index (κ2) is 7.32. The molecule has 1 aromatic rings. The van der Waals surface area contributed by atoms with E-state index in [1.54, 1.807) is 45.0 Å². The summed E-state index contributed by atoms with van der Waals surface area (Å²) < 4.78 is 11.2. The Morgan fingerprint density at radius 1 is 1.41 bits per heavy atom. The van der Waals surface area contributed by atoms with E-state index in [0.717, 1.165) is 0 Å². The molecule has 27 heavy (non-hydrogen) atoms. The molecule has 0 atom stereocenters. The maximum absolute atomic E-state index is 12.3. The van der Waals surface area contributed by atoms with Crippen LogP contribution in [0.3, 0.4) is 0 Å². The second-order valence-corrected chi connectivity index (χ2v) is 8.65. The second-order valence-electron chi connectivity index (χ2n) is 6.93. The number of hydrogen-bond donors (Lipinski definition) is 1. The van der Waals surface area contributed by atoms with Gasteiger partial charge >= 0.3 is 5.97 Å². The van der Waals surface area contributed by atoms with Gasteiger partial charge in [-0.15, -0.1) is 0 Å². The van der Waals surface area contributed by atoms with E-state index in [0.29, 0.717) is 26.2 Å². The monoisotopic (exact) mass is 406 g/mol. The summed E-state index contributed by atoms with van der Waals surface area (Å²) in [6.45, 7) is 4.92. The molecule has 7 nitrogen and oxygen atoms in total. The molecule has 3 rings (SSSR count). The molecule has 1 N–H and O–H groups in total. The van der Waals surface area contributed by atoms with Gasteiger partial charge in [0.2, 0.25) is 0 Å². The Morgan fingerprint density at radius 3 is 2.78 bits per heavy atom. The average Bonchev–Trinajstić information content (AvgIpc) is 2.86. The van der Waals surface area contributed by atoms with Crippen LogP contribution >= 0.6 is 24.0 Å². The van der Waals surface area contributed by atoms with E-state index in [2.05, 4.69) is 5.32 Å². The maximum atomic E-state index is 12.3. The van der Waals surface area contributed by atoms with Gasteiger partial charge in [0.1, 0.15) is 22.2 Å². The zero-order valence-electron chi connectivity index (χ0n) is 15.0. The molecule has 2 amide bonds. The number of nitrogens with one attached hydrogen (secondary N) is 1. The summed E-state index contributed by atoms with van der Waals surface area (Å²) in [6, 6.07) is 5.16. The molecule has 0 saturated carbocycles. The molecular weight excluding hydrogens is 388 g/mol. The molecule has 0 spiro atoms. The summed E-state index contributed by atoms with van der Waals surface area (Å²) in [5, 5.41) is 2.55. The first-order valence-corrected chi connectivity index (χ1v) is 9.39. The quantitative estimate of drug-likeness (QED) is 0.468. The minimum absolute atomic E-state index is 0.150. The van der Waals surface area contributed by atoms with Crippen molar-refractivity contribution in [3.8, 4) is 5.75 Å². The number of esters is 1. The molecular formula is C18H18N2O5S2. The van der Waals surface area contributed by atoms with Crippen molar-refractivity contribution in [2.45, 2.75) is 26.4 Å². The Hall–Kier alpha value is -2.39. The minimum Gasteiger partial charge on any atom is -0.482 e. The Kier molecular flexibility index (Phi) is 5.25. The van der Waals surface area contributed by atoms with Crippen LogP contribution in [0.4, 0.5) is 5.69 Å². The molecule has 2 heterocycles. The fraction of sp³-hybridized carbons (Fsp3) is 0.333. The Balaban J connectivity index is 1.88. The predicted molar refractivity (Wildman–Crippen MR) is 106 cm³/mol. The van der Waals surface area contributed by atoms with Gasteiger partial charge in [-0.25, -0.2) is 0 Å². The first kappa shape index (κ1) is 19.4. The van der Waals surface area contributed by atoms with Crippen LogP contribution in [0, 0.1) is 0 Å². The zero-order valence-corrected chi connectivity index (χ0v) is 16.7. The highest BCUT2D eigenvalue weighted by Gasteiger charge is 2.30. The minimum atomic E-state index is -0.646. The third kappa shape index (κ3) is 4.67. The zero-order chi connectivity index (χ0) is 19.8. The number of amides is 2. The summed E-state index contributed by atoms with van der Waals surface area (Å²) in [6.07, 6.45) is 1.67. The summed E-state index contributed by atoms with van der Waals surface area (Å²) in [5.74, 6) is -0.629. The van der Waals surface area contributed by atoms with E-state index in [9.17, 15) is 14.4 Å². The fourth-order valence-corrected chi connectivity index (χ4v) is 3.60. The molecule has 2 aliphatic heterocycles. The van der Waals surface area contributed by atoms with Crippen LogP contribution in [0.2, 0.25) is 0 Å². The molecule has 0 aliphatic carbocycles. The third-order valence-corrected chi connectivity index (χ3v) is 4.74. The number of ether oxygens (including phenoxy) is 2. The van der Waals surface area contributed by atoms with E-state index in [-0.39, 0.29) is 25.0 Å². The smallest absolute Gasteiger partial charge is 0.326 e. The highest BCUT2D eigenvalue weighted by molar-refractivity contribution is 8.26. The van der Waals surface area contributed by atoms with Crippen molar-refractivity contribution >= 4 is 57.8 Å². The first-order chi connectivity index (χ1) is 12.6. The lowest BCUT2D eigenvalue weighted by Gasteiger charge is -2.30. The van der Waals surface area contributed by atoms with Crippen molar-refractivity contribution in [1.82, 2.24) is 5.32 Å². The van der Waals surface area contributed by atoms with Gasteiger partial charge < -0.3 is 14.8 Å². The van der Waals surface area contributed by atoms with E-state index < -0.39 is 11.6 Å². The lowest BCUT2D eigenvalue weighted by molar-refractivity contribution is -0.153. The maximum Gasteiger partial charge on any atom is 0.326 e. The number of nitrogens with zero attached hydrogens (tertiary/aromatic N) is 1. The van der Waals surface area contributed by atoms with Crippen molar-refractivity contribution in [2.75, 3.05) is 18.1 Å². The van der Waals surface area contributed by atoms with Gasteiger partial charge in [-0.05, 0) is 44.5 Å². The lowest BCUT2D eigenvalue weighted by Crippen LogP contribution is -2.43. The van der Waals surface area contributed by atoms with Crippen LogP contribution in [0.25, 0.3) is 6.08 Å². The lowest BCUT2D eigenvalue weighted by atomic mass is 10.1. The van der Waals surface area contributed by atoms with E-state index in [4.69, 9.17) is 21.7 Å². The third-order valence-electron chi connectivity index (χ3n) is 3.57. The topological polar surface area (TPSA) is 84.9 Å². The molecule has 0 bridgehead atoms. The largest absolute Gasteiger partial charge is 0.482 e. The summed E-state index contributed by atoms with van der Waals surface area (Å²) in [4.78, 5) is 38.1. The predicted octanol–water partition coefficient (Wildman–Crippen LogP) is 2.24. The molecule has 0 aromatic heterocycles. The van der Waals surface area contributed by atoms with E-state index in [1.165, 1.54) is 16.7 Å². The van der Waals surface area contributed by atoms with Crippen molar-refractivity contribution in [3.63, 3.8) is 0 Å². The summed E-state index contributed by atoms with van der Waals surface area (Å²) >= 11 is 6.15. The number of benzene rings is 1. The van der Waals surface area contributed by atoms with Gasteiger partial charge in [-0.1, -0.05) is 30.0 Å². The molecule has 1 saturated heterocycles. The summed E-state index contributed by atoms with van der Waals surface area (Å²) in [7, 11) is 0. The molecule has 142 valence electrons. The van der Waals surface area contributed by atoms with Crippen molar-refractivity contribution in [1.29, 1.82) is 0 Å². The van der Waals surface area contributed by atoms with Crippen molar-refractivity contribution in [2.24, 2.45) is 0 Å². The standard InChI is InChI=1S/C18H18N2O5S2/c1-18(2,3)25-15(22)8-20-11-6-10(4-5-12(11)24-9-14(20)21)7-13-16(23)19-17(26)27-13/h4-7H,8-9H2,1-3H3,(H,19,23,26). The van der Waals surface area contributed by atoms with Crippen LogP contribution in [0.1, 0.15) is 26.3 Å². The number of hydrogen-bond acceptors (Lipinski definition) is 7. The molecule has 1 fully saturated rings. The Labute approximate surface area is 166 Å². The van der Waals surface area contributed by atoms with E-state index >= 15 is 0 Å². The molecule has 9 heteroatoms. The number of carbonyl (C=O) groups excluding carboxylic acids is 3. The van der Waals surface area contributed by atoms with Gasteiger partial charge in [0.25, 0.3) is 11.8 Å².